The van der Waals surface area contributed by atoms with Crippen molar-refractivity contribution in [2.45, 2.75) is 31.7 Å². The van der Waals surface area contributed by atoms with Gasteiger partial charge in [-0.2, -0.15) is 5.26 Å². The molecule has 2 aliphatic rings. The van der Waals surface area contributed by atoms with E-state index in [-0.39, 0.29) is 11.5 Å². The van der Waals surface area contributed by atoms with Crippen molar-refractivity contribution in [1.82, 2.24) is 9.80 Å². The van der Waals surface area contributed by atoms with Crippen LogP contribution in [0.25, 0.3) is 6.08 Å². The van der Waals surface area contributed by atoms with Gasteiger partial charge in [-0.15, -0.1) is 0 Å². The average molecular weight is 327 g/mol. The predicted octanol–water partition coefficient (Wildman–Crippen LogP) is 2.80. The Morgan fingerprint density at radius 3 is 2.83 bits per heavy atom. The molecule has 0 N–H and O–H groups in total. The molecular formula is C19H22FN3O. The van der Waals surface area contributed by atoms with E-state index in [1.807, 2.05) is 11.0 Å². The van der Waals surface area contributed by atoms with Crippen LogP contribution in [0.3, 0.4) is 0 Å². The monoisotopic (exact) mass is 327 g/mol. The van der Waals surface area contributed by atoms with Crippen molar-refractivity contribution in [3.63, 3.8) is 0 Å². The first-order valence-electron chi connectivity index (χ1n) is 8.58. The molecule has 0 aliphatic carbocycles. The molecule has 3 rings (SSSR count). The predicted molar refractivity (Wildman–Crippen MR) is 90.6 cm³/mol. The number of likely N-dealkylation sites (tertiary alicyclic amines) is 2. The highest BCUT2D eigenvalue weighted by Crippen LogP contribution is 2.21. The van der Waals surface area contributed by atoms with Crippen molar-refractivity contribution in [2.75, 3.05) is 26.2 Å². The van der Waals surface area contributed by atoms with Gasteiger partial charge >= 0.3 is 0 Å². The smallest absolute Gasteiger partial charge is 0.246 e. The summed E-state index contributed by atoms with van der Waals surface area (Å²) >= 11 is 0. The molecule has 24 heavy (non-hydrogen) atoms. The highest BCUT2D eigenvalue weighted by atomic mass is 19.1. The van der Waals surface area contributed by atoms with E-state index in [4.69, 9.17) is 5.26 Å². The molecule has 2 heterocycles. The number of nitriles is 1. The highest BCUT2D eigenvalue weighted by Gasteiger charge is 2.29. The second-order valence-corrected chi connectivity index (χ2v) is 6.52. The molecule has 0 saturated carbocycles. The van der Waals surface area contributed by atoms with Crippen molar-refractivity contribution < 1.29 is 9.18 Å². The Labute approximate surface area is 142 Å². The standard InChI is InChI=1S/C19H22FN3O/c20-18-7-5-15(12-16(18)13-21)6-8-19(24)23-11-3-4-17(23)14-22-9-1-2-10-22/h5-8,12,17H,1-4,9-11,14H2/t17-/m0/s1. The zero-order valence-electron chi connectivity index (χ0n) is 13.7. The molecule has 1 atom stereocenters. The molecule has 0 bridgehead atoms. The van der Waals surface area contributed by atoms with Gasteiger partial charge in [0.25, 0.3) is 0 Å². The van der Waals surface area contributed by atoms with E-state index in [2.05, 4.69) is 4.90 Å². The maximum Gasteiger partial charge on any atom is 0.246 e. The molecule has 2 fully saturated rings. The summed E-state index contributed by atoms with van der Waals surface area (Å²) in [7, 11) is 0. The summed E-state index contributed by atoms with van der Waals surface area (Å²) in [5, 5.41) is 8.87. The number of hydrogen-bond acceptors (Lipinski definition) is 3. The number of rotatable bonds is 4. The summed E-state index contributed by atoms with van der Waals surface area (Å²) in [6.07, 6.45) is 7.82. The number of amides is 1. The lowest BCUT2D eigenvalue weighted by molar-refractivity contribution is -0.127. The maximum absolute atomic E-state index is 13.3. The van der Waals surface area contributed by atoms with Crippen molar-refractivity contribution in [3.05, 3.63) is 41.2 Å². The number of nitrogens with zero attached hydrogens (tertiary/aromatic N) is 3. The van der Waals surface area contributed by atoms with Gasteiger partial charge < -0.3 is 9.80 Å². The van der Waals surface area contributed by atoms with Crippen LogP contribution in [0.2, 0.25) is 0 Å². The molecule has 5 heteroatoms. The molecule has 1 aromatic rings. The Bertz CT molecular complexity index is 674. The largest absolute Gasteiger partial charge is 0.335 e. The minimum Gasteiger partial charge on any atom is -0.335 e. The molecule has 1 amide bonds. The summed E-state index contributed by atoms with van der Waals surface area (Å²) in [4.78, 5) is 16.9. The Balaban J connectivity index is 1.63. The quantitative estimate of drug-likeness (QED) is 0.799. The molecule has 0 aromatic heterocycles. The first kappa shape index (κ1) is 16.7. The van der Waals surface area contributed by atoms with Crippen LogP contribution in [-0.4, -0.2) is 47.9 Å². The van der Waals surface area contributed by atoms with E-state index in [1.165, 1.54) is 31.1 Å². The first-order valence-corrected chi connectivity index (χ1v) is 8.58. The van der Waals surface area contributed by atoms with E-state index >= 15 is 0 Å². The third-order valence-electron chi connectivity index (χ3n) is 4.86. The lowest BCUT2D eigenvalue weighted by Crippen LogP contribution is -2.41. The number of carbonyl (C=O) groups is 1. The molecule has 0 radical (unpaired) electrons. The second-order valence-electron chi connectivity index (χ2n) is 6.52. The SMILES string of the molecule is N#Cc1cc(C=CC(=O)N2CCC[C@H]2CN2CCCC2)ccc1F. The minimum atomic E-state index is -0.536. The Morgan fingerprint density at radius 1 is 1.29 bits per heavy atom. The van der Waals surface area contributed by atoms with Gasteiger partial charge in [0.05, 0.1) is 5.56 Å². The fourth-order valence-electron chi connectivity index (χ4n) is 3.57. The Morgan fingerprint density at radius 2 is 2.08 bits per heavy atom. The number of benzene rings is 1. The molecule has 0 spiro atoms. The fourth-order valence-corrected chi connectivity index (χ4v) is 3.57. The lowest BCUT2D eigenvalue weighted by Gasteiger charge is -2.27. The van der Waals surface area contributed by atoms with Gasteiger partial charge in [-0.3, -0.25) is 4.79 Å². The van der Waals surface area contributed by atoms with Crippen LogP contribution in [0, 0.1) is 17.1 Å². The normalized spacial score (nSPS) is 21.5. The minimum absolute atomic E-state index is 0.000436. The molecule has 126 valence electrons. The lowest BCUT2D eigenvalue weighted by atomic mass is 10.1. The zero-order chi connectivity index (χ0) is 16.9. The summed E-state index contributed by atoms with van der Waals surface area (Å²) in [5.74, 6) is -0.536. The number of carbonyl (C=O) groups excluding carboxylic acids is 1. The highest BCUT2D eigenvalue weighted by molar-refractivity contribution is 5.92. The van der Waals surface area contributed by atoms with Crippen LogP contribution in [0.4, 0.5) is 4.39 Å². The van der Waals surface area contributed by atoms with E-state index in [0.29, 0.717) is 11.6 Å². The third-order valence-corrected chi connectivity index (χ3v) is 4.86. The topological polar surface area (TPSA) is 47.3 Å². The van der Waals surface area contributed by atoms with Crippen LogP contribution < -0.4 is 0 Å². The van der Waals surface area contributed by atoms with Gasteiger partial charge in [0.1, 0.15) is 11.9 Å². The zero-order valence-corrected chi connectivity index (χ0v) is 13.7. The summed E-state index contributed by atoms with van der Waals surface area (Å²) in [6.45, 7) is 4.05. The van der Waals surface area contributed by atoms with Crippen LogP contribution in [-0.2, 0) is 4.79 Å². The fraction of sp³-hybridized carbons (Fsp3) is 0.474. The molecule has 2 aliphatic heterocycles. The van der Waals surface area contributed by atoms with Gasteiger partial charge in [0.2, 0.25) is 5.91 Å². The molecule has 4 nitrogen and oxygen atoms in total. The summed E-state index contributed by atoms with van der Waals surface area (Å²) in [6, 6.07) is 6.41. The van der Waals surface area contributed by atoms with Gasteiger partial charge in [-0.25, -0.2) is 4.39 Å². The Hall–Kier alpha value is -2.19. The van der Waals surface area contributed by atoms with Crippen LogP contribution >= 0.6 is 0 Å². The second kappa shape index (κ2) is 7.59. The average Bonchev–Trinajstić information content (AvgIpc) is 3.26. The summed E-state index contributed by atoms with van der Waals surface area (Å²) in [5.41, 5.74) is 0.661. The van der Waals surface area contributed by atoms with Gasteiger partial charge in [-0.05, 0) is 62.5 Å². The van der Waals surface area contributed by atoms with Crippen LogP contribution in [0.5, 0.6) is 0 Å². The first-order chi connectivity index (χ1) is 11.7. The van der Waals surface area contributed by atoms with Crippen LogP contribution in [0.1, 0.15) is 36.8 Å². The molecule has 1 aromatic carbocycles. The number of halogens is 1. The van der Waals surface area contributed by atoms with Gasteiger partial charge in [0.15, 0.2) is 0 Å². The molecule has 2 saturated heterocycles. The van der Waals surface area contributed by atoms with E-state index in [9.17, 15) is 9.18 Å². The van der Waals surface area contributed by atoms with Crippen molar-refractivity contribution in [2.24, 2.45) is 0 Å². The number of hydrogen-bond donors (Lipinski definition) is 0. The van der Waals surface area contributed by atoms with Crippen molar-refractivity contribution >= 4 is 12.0 Å². The summed E-state index contributed by atoms with van der Waals surface area (Å²) < 4.78 is 13.3. The van der Waals surface area contributed by atoms with Crippen molar-refractivity contribution in [3.8, 4) is 6.07 Å². The van der Waals surface area contributed by atoms with E-state index in [1.54, 1.807) is 12.1 Å². The maximum atomic E-state index is 13.3. The van der Waals surface area contributed by atoms with Crippen molar-refractivity contribution in [1.29, 1.82) is 5.26 Å². The molecule has 0 unspecified atom stereocenters. The van der Waals surface area contributed by atoms with Gasteiger partial charge in [-0.1, -0.05) is 6.07 Å². The van der Waals surface area contributed by atoms with E-state index < -0.39 is 5.82 Å². The van der Waals surface area contributed by atoms with E-state index in [0.717, 1.165) is 39.0 Å². The Kier molecular flexibility index (Phi) is 5.27. The molecular weight excluding hydrogens is 305 g/mol. The van der Waals surface area contributed by atoms with Gasteiger partial charge in [0, 0.05) is 25.2 Å². The third kappa shape index (κ3) is 3.82. The van der Waals surface area contributed by atoms with Crippen LogP contribution in [0.15, 0.2) is 24.3 Å².